The van der Waals surface area contributed by atoms with Gasteiger partial charge in [-0.1, -0.05) is 23.6 Å². The Bertz CT molecular complexity index is 944. The van der Waals surface area contributed by atoms with Crippen LogP contribution in [0, 0.1) is 19.9 Å². The molecule has 0 atom stereocenters. The number of hydrogen-bond acceptors (Lipinski definition) is 1. The first-order valence-corrected chi connectivity index (χ1v) is 9.94. The third-order valence-corrected chi connectivity index (χ3v) is 3.86. The van der Waals surface area contributed by atoms with Gasteiger partial charge in [0.05, 0.1) is 5.65 Å². The molecule has 2 heterocycles. The first-order valence-electron chi connectivity index (χ1n) is 6.55. The average Bonchev–Trinajstić information content (AvgIpc) is 2.86. The molecule has 4 aromatic rings. The molecule has 2 nitrogen and oxygen atoms in total. The van der Waals surface area contributed by atoms with Crippen molar-refractivity contribution < 1.29 is 18.9 Å². The molecule has 4 rings (SSSR count). The third-order valence-electron chi connectivity index (χ3n) is 3.86. The van der Waals surface area contributed by atoms with Crippen LogP contribution in [0.1, 0.15) is 11.4 Å². The summed E-state index contributed by atoms with van der Waals surface area (Å²) in [5.74, 6) is 0. The quantitative estimate of drug-likeness (QED) is 0.219. The topological polar surface area (TPSA) is 17.3 Å². The second-order valence-electron chi connectivity index (χ2n) is 4.92. The predicted molar refractivity (Wildman–Crippen MR) is 87.4 cm³/mol. The number of aromatic nitrogens is 2. The molecule has 0 saturated heterocycles. The van der Waals surface area contributed by atoms with Crippen molar-refractivity contribution >= 4 is 40.3 Å². The molecular weight excluding hydrogens is 420 g/mol. The molecule has 0 N–H and O–H groups in total. The molecule has 0 aliphatic heterocycles. The number of pyridine rings is 1. The zero-order chi connectivity index (χ0) is 15.0. The van der Waals surface area contributed by atoms with E-state index in [1.165, 1.54) is 22.0 Å². The summed E-state index contributed by atoms with van der Waals surface area (Å²) in [5, 5.41) is 3.57. The van der Waals surface area contributed by atoms with Crippen molar-refractivity contribution in [3.63, 3.8) is 0 Å². The van der Waals surface area contributed by atoms with Crippen LogP contribution >= 0.6 is 13.0 Å². The molecule has 0 aliphatic rings. The van der Waals surface area contributed by atoms with Gasteiger partial charge in [-0.2, -0.15) is 0 Å². The van der Waals surface area contributed by atoms with E-state index in [4.69, 9.17) is 4.98 Å². The summed E-state index contributed by atoms with van der Waals surface area (Å²) in [6.07, 6.45) is 0. The van der Waals surface area contributed by atoms with Crippen LogP contribution in [-0.2, 0) is 18.9 Å². The molecule has 21 heavy (non-hydrogen) atoms. The normalized spacial score (nSPS) is 10.9. The summed E-state index contributed by atoms with van der Waals surface area (Å²) in [5.41, 5.74) is 4.49. The molecular formula is C17H13AgBrN2-. The summed E-state index contributed by atoms with van der Waals surface area (Å²) in [4.78, 5) is 4.72. The maximum absolute atomic E-state index is 4.72. The molecule has 0 bridgehead atoms. The number of hydrogen-bond donors (Lipinski definition) is 0. The van der Waals surface area contributed by atoms with E-state index < -0.39 is 0 Å². The minimum atomic E-state index is 1.00. The minimum absolute atomic E-state index is 1.00. The van der Waals surface area contributed by atoms with E-state index in [1.807, 2.05) is 12.1 Å². The van der Waals surface area contributed by atoms with Gasteiger partial charge in [-0.05, 0) is 25.3 Å². The van der Waals surface area contributed by atoms with Gasteiger partial charge in [0, 0.05) is 16.9 Å². The number of fused-ring (bicyclic) bond motifs is 6. The van der Waals surface area contributed by atoms with Gasteiger partial charge < -0.3 is 4.40 Å². The van der Waals surface area contributed by atoms with Crippen molar-refractivity contribution in [2.24, 2.45) is 0 Å². The van der Waals surface area contributed by atoms with Crippen molar-refractivity contribution in [2.75, 3.05) is 0 Å². The Morgan fingerprint density at radius 2 is 1.76 bits per heavy atom. The van der Waals surface area contributed by atoms with Crippen LogP contribution < -0.4 is 0 Å². The molecule has 0 fully saturated rings. The Morgan fingerprint density at radius 3 is 2.57 bits per heavy atom. The molecule has 2 aromatic carbocycles. The van der Waals surface area contributed by atoms with Crippen molar-refractivity contribution in [1.29, 1.82) is 0 Å². The fraction of sp³-hybridized carbons (Fsp3) is 0.118. The van der Waals surface area contributed by atoms with E-state index in [-0.39, 0.29) is 0 Å². The zero-order valence-corrected chi connectivity index (χ0v) is 14.7. The van der Waals surface area contributed by atoms with Crippen LogP contribution in [0.5, 0.6) is 0 Å². The summed E-state index contributed by atoms with van der Waals surface area (Å²) in [6.45, 7) is 4.18. The molecule has 110 valence electrons. The molecule has 0 radical (unpaired) electrons. The molecule has 0 spiro atoms. The average molecular weight is 433 g/mol. The van der Waals surface area contributed by atoms with Gasteiger partial charge in [-0.3, -0.25) is 4.98 Å². The van der Waals surface area contributed by atoms with Crippen molar-refractivity contribution in [3.05, 3.63) is 59.9 Å². The van der Waals surface area contributed by atoms with E-state index in [2.05, 4.69) is 86.6 Å². The molecule has 0 unspecified atom stereocenters. The Labute approximate surface area is 142 Å². The van der Waals surface area contributed by atoms with Crippen LogP contribution in [0.3, 0.4) is 0 Å². The third kappa shape index (κ3) is 2.25. The Kier molecular flexibility index (Phi) is 4.18. The van der Waals surface area contributed by atoms with E-state index >= 15 is 0 Å². The van der Waals surface area contributed by atoms with E-state index in [0.717, 1.165) is 16.7 Å². The maximum atomic E-state index is 4.72. The number of nitrogens with zero attached hydrogens (tertiary/aromatic N) is 2. The van der Waals surface area contributed by atoms with Gasteiger partial charge in [0.1, 0.15) is 0 Å². The molecule has 0 amide bonds. The van der Waals surface area contributed by atoms with Crippen LogP contribution in [0.25, 0.3) is 27.3 Å². The Morgan fingerprint density at radius 1 is 1.05 bits per heavy atom. The van der Waals surface area contributed by atoms with E-state index in [0.29, 0.717) is 0 Å². The van der Waals surface area contributed by atoms with Gasteiger partial charge in [0.25, 0.3) is 0 Å². The summed E-state index contributed by atoms with van der Waals surface area (Å²) < 4.78 is 2.24. The van der Waals surface area contributed by atoms with E-state index in [1.54, 1.807) is 0 Å². The number of halogens is 1. The van der Waals surface area contributed by atoms with Gasteiger partial charge in [-0.15, -0.1) is 29.7 Å². The number of aryl methyl sites for hydroxylation is 2. The van der Waals surface area contributed by atoms with Crippen LogP contribution in [0.2, 0.25) is 0 Å². The van der Waals surface area contributed by atoms with Crippen LogP contribution in [-0.4, -0.2) is 9.38 Å². The number of rotatable bonds is 0. The summed E-state index contributed by atoms with van der Waals surface area (Å²) in [7, 11) is 0. The van der Waals surface area contributed by atoms with Crippen molar-refractivity contribution in [3.8, 4) is 0 Å². The second-order valence-corrected chi connectivity index (χ2v) is 4.92. The summed E-state index contributed by atoms with van der Waals surface area (Å²) >= 11 is 5.51. The Balaban J connectivity index is 0.000000636. The molecule has 0 saturated carbocycles. The molecule has 4 heteroatoms. The second kappa shape index (κ2) is 5.93. The van der Waals surface area contributed by atoms with Gasteiger partial charge in [0.2, 0.25) is 0 Å². The van der Waals surface area contributed by atoms with E-state index in [9.17, 15) is 0 Å². The molecule has 0 aliphatic carbocycles. The first-order chi connectivity index (χ1) is 10.3. The van der Waals surface area contributed by atoms with Crippen molar-refractivity contribution in [1.82, 2.24) is 9.38 Å². The Hall–Kier alpha value is -1.13. The monoisotopic (exact) mass is 431 g/mol. The fourth-order valence-corrected chi connectivity index (χ4v) is 2.82. The molecule has 2 aromatic heterocycles. The van der Waals surface area contributed by atoms with Crippen molar-refractivity contribution in [2.45, 2.75) is 13.8 Å². The summed E-state index contributed by atoms with van der Waals surface area (Å²) in [6, 6.07) is 18.0. The van der Waals surface area contributed by atoms with Crippen LogP contribution in [0.4, 0.5) is 0 Å². The van der Waals surface area contributed by atoms with Gasteiger partial charge in [-0.25, -0.2) is 0 Å². The standard InChI is InChI=1S/C17H13N2.Ag.BrH/c1-11-12(2)19-16-10-6-5-8-14(16)13-7-3-4-9-15(13)17(19)18-11;;/h3-8,10H,1-2H3;;1H/q-1;+1;/p-1. The fourth-order valence-electron chi connectivity index (χ4n) is 2.82. The SMILES string of the molecule is Cc1nc2c3[c-]cccc3c3ccccc3n2c1C.[Br][Ag]. The number of benzene rings is 2. The predicted octanol–water partition coefficient (Wildman–Crippen LogP) is 4.90. The number of imidazole rings is 1. The van der Waals surface area contributed by atoms with Crippen LogP contribution in [0.15, 0.2) is 42.5 Å². The zero-order valence-electron chi connectivity index (χ0n) is 11.6. The first kappa shape index (κ1) is 14.8. The number of para-hydroxylation sites is 1. The van der Waals surface area contributed by atoms with Gasteiger partial charge in [0.15, 0.2) is 0 Å². The van der Waals surface area contributed by atoms with Gasteiger partial charge >= 0.3 is 32.0 Å².